The molecule has 6 heteroatoms. The molecule has 1 aromatic rings. The maximum atomic E-state index is 13.2. The quantitative estimate of drug-likeness (QED) is 0.867. The molecule has 4 nitrogen and oxygen atoms in total. The van der Waals surface area contributed by atoms with Crippen molar-refractivity contribution in [2.75, 3.05) is 17.3 Å². The molecular weight excluding hydrogens is 295 g/mol. The van der Waals surface area contributed by atoms with E-state index in [0.29, 0.717) is 12.2 Å². The first-order valence-corrected chi connectivity index (χ1v) is 7.30. The SMILES string of the molecule is CC(C)(CCl)C(=O)NC1CC(=O)N(c2cccc(F)c2)C1. The summed E-state index contributed by atoms with van der Waals surface area (Å²) in [7, 11) is 0. The minimum atomic E-state index is -0.684. The van der Waals surface area contributed by atoms with Crippen molar-refractivity contribution < 1.29 is 14.0 Å². The molecule has 0 bridgehead atoms. The number of amides is 2. The molecule has 1 saturated heterocycles. The van der Waals surface area contributed by atoms with Gasteiger partial charge in [-0.05, 0) is 32.0 Å². The van der Waals surface area contributed by atoms with Crippen molar-refractivity contribution in [2.24, 2.45) is 5.41 Å². The van der Waals surface area contributed by atoms with Crippen molar-refractivity contribution in [1.29, 1.82) is 0 Å². The Morgan fingerprint density at radius 3 is 2.86 bits per heavy atom. The second-order valence-corrected chi connectivity index (χ2v) is 6.14. The molecule has 1 fully saturated rings. The molecule has 2 amide bonds. The lowest BCUT2D eigenvalue weighted by molar-refractivity contribution is -0.128. The number of nitrogens with zero attached hydrogens (tertiary/aromatic N) is 1. The summed E-state index contributed by atoms with van der Waals surface area (Å²) in [5.74, 6) is -0.505. The third kappa shape index (κ3) is 3.53. The Bertz CT molecular complexity index is 562. The van der Waals surface area contributed by atoms with Gasteiger partial charge in [0.25, 0.3) is 0 Å². The van der Waals surface area contributed by atoms with Crippen LogP contribution in [0.25, 0.3) is 0 Å². The molecule has 1 unspecified atom stereocenters. The van der Waals surface area contributed by atoms with Gasteiger partial charge in [0.15, 0.2) is 0 Å². The third-order valence-electron chi connectivity index (χ3n) is 3.53. The molecule has 0 aromatic heterocycles. The second-order valence-electron chi connectivity index (χ2n) is 5.88. The zero-order valence-corrected chi connectivity index (χ0v) is 12.8. The Morgan fingerprint density at radius 1 is 1.52 bits per heavy atom. The van der Waals surface area contributed by atoms with E-state index in [-0.39, 0.29) is 30.2 Å². The lowest BCUT2D eigenvalue weighted by Gasteiger charge is -2.23. The van der Waals surface area contributed by atoms with Crippen molar-refractivity contribution in [3.8, 4) is 0 Å². The molecular formula is C15H18ClFN2O2. The van der Waals surface area contributed by atoms with Crippen LogP contribution in [-0.4, -0.2) is 30.3 Å². The first-order valence-electron chi connectivity index (χ1n) is 6.76. The third-order valence-corrected chi connectivity index (χ3v) is 4.20. The summed E-state index contributed by atoms with van der Waals surface area (Å²) >= 11 is 5.76. The molecule has 0 saturated carbocycles. The number of carbonyl (C=O) groups excluding carboxylic acids is 2. The number of hydrogen-bond donors (Lipinski definition) is 1. The molecule has 1 aliphatic rings. The van der Waals surface area contributed by atoms with Crippen LogP contribution < -0.4 is 10.2 Å². The van der Waals surface area contributed by atoms with E-state index in [2.05, 4.69) is 5.32 Å². The topological polar surface area (TPSA) is 49.4 Å². The molecule has 21 heavy (non-hydrogen) atoms. The highest BCUT2D eigenvalue weighted by Crippen LogP contribution is 2.23. The minimum absolute atomic E-state index is 0.130. The van der Waals surface area contributed by atoms with Crippen molar-refractivity contribution in [1.82, 2.24) is 5.32 Å². The fourth-order valence-electron chi connectivity index (χ4n) is 2.14. The highest BCUT2D eigenvalue weighted by Gasteiger charge is 2.35. The summed E-state index contributed by atoms with van der Waals surface area (Å²) in [6, 6.07) is 5.58. The number of carbonyl (C=O) groups is 2. The summed E-state index contributed by atoms with van der Waals surface area (Å²) in [5.41, 5.74) is -0.176. The van der Waals surface area contributed by atoms with Gasteiger partial charge in [-0.2, -0.15) is 0 Å². The number of nitrogens with one attached hydrogen (secondary N) is 1. The van der Waals surface area contributed by atoms with E-state index >= 15 is 0 Å². The van der Waals surface area contributed by atoms with Gasteiger partial charge >= 0.3 is 0 Å². The Hall–Kier alpha value is -1.62. The van der Waals surface area contributed by atoms with Crippen LogP contribution in [0.5, 0.6) is 0 Å². The predicted molar refractivity (Wildman–Crippen MR) is 79.8 cm³/mol. The minimum Gasteiger partial charge on any atom is -0.351 e. The molecule has 0 radical (unpaired) electrons. The van der Waals surface area contributed by atoms with Gasteiger partial charge in [0.05, 0.1) is 11.5 Å². The largest absolute Gasteiger partial charge is 0.351 e. The van der Waals surface area contributed by atoms with Gasteiger partial charge in [0, 0.05) is 24.5 Å². The van der Waals surface area contributed by atoms with Gasteiger partial charge in [-0.3, -0.25) is 9.59 Å². The first-order chi connectivity index (χ1) is 9.83. The normalized spacial score (nSPS) is 19.0. The van der Waals surface area contributed by atoms with Crippen LogP contribution in [0.4, 0.5) is 10.1 Å². The summed E-state index contributed by atoms with van der Waals surface area (Å²) in [4.78, 5) is 25.6. The Labute approximate surface area is 128 Å². The van der Waals surface area contributed by atoms with Gasteiger partial charge in [-0.15, -0.1) is 11.6 Å². The second kappa shape index (κ2) is 6.02. The number of hydrogen-bond acceptors (Lipinski definition) is 2. The van der Waals surface area contributed by atoms with E-state index in [1.54, 1.807) is 26.0 Å². The highest BCUT2D eigenvalue weighted by molar-refractivity contribution is 6.19. The van der Waals surface area contributed by atoms with Gasteiger partial charge in [-0.25, -0.2) is 4.39 Å². The smallest absolute Gasteiger partial charge is 0.229 e. The molecule has 1 atom stereocenters. The maximum Gasteiger partial charge on any atom is 0.229 e. The summed E-state index contributed by atoms with van der Waals surface area (Å²) < 4.78 is 13.2. The number of rotatable bonds is 4. The first kappa shape index (κ1) is 15.8. The van der Waals surface area contributed by atoms with Crippen LogP contribution in [0, 0.1) is 11.2 Å². The molecule has 1 aliphatic heterocycles. The number of benzene rings is 1. The van der Waals surface area contributed by atoms with E-state index in [1.807, 2.05) is 0 Å². The van der Waals surface area contributed by atoms with Gasteiger partial charge in [0.2, 0.25) is 11.8 Å². The van der Waals surface area contributed by atoms with Crippen LogP contribution >= 0.6 is 11.6 Å². The summed E-state index contributed by atoms with van der Waals surface area (Å²) in [5, 5.41) is 2.84. The van der Waals surface area contributed by atoms with Gasteiger partial charge in [-0.1, -0.05) is 6.07 Å². The van der Waals surface area contributed by atoms with E-state index in [4.69, 9.17) is 11.6 Å². The number of halogens is 2. The van der Waals surface area contributed by atoms with Gasteiger partial charge < -0.3 is 10.2 Å². The predicted octanol–water partition coefficient (Wildman–Crippen LogP) is 2.31. The standard InChI is InChI=1S/C15H18ClFN2O2/c1-15(2,9-16)14(21)18-11-7-13(20)19(8-11)12-5-3-4-10(17)6-12/h3-6,11H,7-9H2,1-2H3,(H,18,21). The molecule has 114 valence electrons. The zero-order valence-electron chi connectivity index (χ0n) is 12.0. The van der Waals surface area contributed by atoms with E-state index in [0.717, 1.165) is 0 Å². The molecule has 1 N–H and O–H groups in total. The summed E-state index contributed by atoms with van der Waals surface area (Å²) in [6.45, 7) is 3.83. The van der Waals surface area contributed by atoms with Crippen molar-refractivity contribution in [2.45, 2.75) is 26.3 Å². The molecule has 0 spiro atoms. The van der Waals surface area contributed by atoms with Crippen LogP contribution in [0.2, 0.25) is 0 Å². The molecule has 0 aliphatic carbocycles. The molecule has 1 heterocycles. The van der Waals surface area contributed by atoms with E-state index in [1.165, 1.54) is 17.0 Å². The van der Waals surface area contributed by atoms with E-state index in [9.17, 15) is 14.0 Å². The number of alkyl halides is 1. The van der Waals surface area contributed by atoms with Crippen LogP contribution in [-0.2, 0) is 9.59 Å². The summed E-state index contributed by atoms with van der Waals surface area (Å²) in [6.07, 6.45) is 0.209. The molecule has 2 rings (SSSR count). The van der Waals surface area contributed by atoms with Crippen LogP contribution in [0.3, 0.4) is 0 Å². The van der Waals surface area contributed by atoms with Crippen molar-refractivity contribution in [3.05, 3.63) is 30.1 Å². The van der Waals surface area contributed by atoms with E-state index < -0.39 is 11.2 Å². The lowest BCUT2D eigenvalue weighted by atomic mass is 9.95. The lowest BCUT2D eigenvalue weighted by Crippen LogP contribution is -2.44. The maximum absolute atomic E-state index is 13.2. The zero-order chi connectivity index (χ0) is 15.6. The fraction of sp³-hybridized carbons (Fsp3) is 0.467. The Balaban J connectivity index is 2.05. The van der Waals surface area contributed by atoms with Crippen LogP contribution in [0.1, 0.15) is 20.3 Å². The average Bonchev–Trinajstić information content (AvgIpc) is 2.79. The average molecular weight is 313 g/mol. The molecule has 1 aromatic carbocycles. The van der Waals surface area contributed by atoms with Crippen LogP contribution in [0.15, 0.2) is 24.3 Å². The van der Waals surface area contributed by atoms with Crippen molar-refractivity contribution >= 4 is 29.1 Å². The monoisotopic (exact) mass is 312 g/mol. The van der Waals surface area contributed by atoms with Crippen molar-refractivity contribution in [3.63, 3.8) is 0 Å². The Morgan fingerprint density at radius 2 is 2.24 bits per heavy atom. The Kier molecular flexibility index (Phi) is 4.52. The highest BCUT2D eigenvalue weighted by atomic mass is 35.5. The fourth-order valence-corrected chi connectivity index (χ4v) is 2.26. The van der Waals surface area contributed by atoms with Gasteiger partial charge in [0.1, 0.15) is 5.82 Å². The number of anilines is 1.